The van der Waals surface area contributed by atoms with Gasteiger partial charge in [-0.15, -0.1) is 12.8 Å². The molecule has 1 amide bonds. The third kappa shape index (κ3) is 9.64. The third-order valence-corrected chi connectivity index (χ3v) is 4.24. The maximum atomic E-state index is 14.0. The minimum atomic E-state index is -3.77. The van der Waals surface area contributed by atoms with Crippen molar-refractivity contribution in [3.63, 3.8) is 0 Å². The van der Waals surface area contributed by atoms with Crippen LogP contribution in [0.25, 0.3) is 0 Å². The highest BCUT2D eigenvalue weighted by atomic mass is 35.5. The smallest absolute Gasteiger partial charge is 0.267 e. The van der Waals surface area contributed by atoms with E-state index in [9.17, 15) is 17.6 Å². The van der Waals surface area contributed by atoms with Gasteiger partial charge in [-0.05, 0) is 31.7 Å². The normalized spacial score (nSPS) is 14.0. The lowest BCUT2D eigenvalue weighted by atomic mass is 9.98. The molecule has 0 aliphatic heterocycles. The summed E-state index contributed by atoms with van der Waals surface area (Å²) in [5.41, 5.74) is -0.439. The molecule has 1 aromatic carbocycles. The van der Waals surface area contributed by atoms with E-state index in [0.29, 0.717) is 0 Å². The number of carbonyl (C=O) groups is 1. The fourth-order valence-corrected chi connectivity index (χ4v) is 3.03. The second-order valence-corrected chi connectivity index (χ2v) is 8.21. The van der Waals surface area contributed by atoms with Gasteiger partial charge in [0.05, 0.1) is 22.9 Å². The SMILES string of the molecule is C#C.CCC.CS(=O)(=O)NC(=O)c1cc(Cl)c(OC2CCCCC2)cc1F. The van der Waals surface area contributed by atoms with E-state index in [-0.39, 0.29) is 16.9 Å². The number of ether oxygens (including phenoxy) is 1. The third-order valence-electron chi connectivity index (χ3n) is 3.39. The molecule has 2 rings (SSSR count). The van der Waals surface area contributed by atoms with Gasteiger partial charge in [-0.1, -0.05) is 38.3 Å². The first-order valence-electron chi connectivity index (χ1n) is 8.69. The lowest BCUT2D eigenvalue weighted by Crippen LogP contribution is -2.30. The molecule has 0 spiro atoms. The number of hydrogen-bond donors (Lipinski definition) is 1. The van der Waals surface area contributed by atoms with E-state index in [0.717, 1.165) is 50.5 Å². The zero-order valence-electron chi connectivity index (χ0n) is 15.9. The number of rotatable bonds is 4. The van der Waals surface area contributed by atoms with Crippen LogP contribution >= 0.6 is 11.6 Å². The van der Waals surface area contributed by atoms with Crippen molar-refractivity contribution in [1.82, 2.24) is 4.72 Å². The zero-order valence-corrected chi connectivity index (χ0v) is 17.5. The standard InChI is InChI=1S/C14H17ClFNO4S.C3H8.C2H2/c1-22(19,20)17-14(18)10-7-11(15)13(8-12(10)16)21-9-5-3-2-4-6-9;1-3-2;1-2/h7-9H,2-6H2,1H3,(H,17,18);3H2,1-2H3;1-2H. The Labute approximate surface area is 166 Å². The summed E-state index contributed by atoms with van der Waals surface area (Å²) in [6.07, 6.45) is 15.1. The van der Waals surface area contributed by atoms with E-state index < -0.39 is 27.3 Å². The molecule has 1 saturated carbocycles. The first-order valence-corrected chi connectivity index (χ1v) is 11.0. The topological polar surface area (TPSA) is 72.5 Å². The summed E-state index contributed by atoms with van der Waals surface area (Å²) in [7, 11) is -3.77. The Kier molecular flexibility index (Phi) is 11.7. The molecule has 0 heterocycles. The predicted octanol–water partition coefficient (Wildman–Crippen LogP) is 4.55. The number of amides is 1. The number of terminal acetylenes is 1. The van der Waals surface area contributed by atoms with Gasteiger partial charge in [0.25, 0.3) is 5.91 Å². The maximum Gasteiger partial charge on any atom is 0.267 e. The molecule has 0 bridgehead atoms. The Morgan fingerprint density at radius 1 is 1.26 bits per heavy atom. The summed E-state index contributed by atoms with van der Waals surface area (Å²) in [5, 5.41) is 0.0747. The van der Waals surface area contributed by atoms with Crippen molar-refractivity contribution in [3.05, 3.63) is 28.5 Å². The van der Waals surface area contributed by atoms with Crippen molar-refractivity contribution >= 4 is 27.5 Å². The molecule has 1 aliphatic carbocycles. The molecule has 1 aromatic rings. The maximum absolute atomic E-state index is 14.0. The van der Waals surface area contributed by atoms with Crippen LogP contribution in [0.1, 0.15) is 62.7 Å². The van der Waals surface area contributed by atoms with Gasteiger partial charge >= 0.3 is 0 Å². The fourth-order valence-electron chi connectivity index (χ4n) is 2.38. The average Bonchev–Trinajstić information content (AvgIpc) is 2.59. The molecule has 1 fully saturated rings. The second kappa shape index (κ2) is 12.6. The predicted molar refractivity (Wildman–Crippen MR) is 107 cm³/mol. The highest BCUT2D eigenvalue weighted by Crippen LogP contribution is 2.31. The molecule has 152 valence electrons. The van der Waals surface area contributed by atoms with Crippen LogP contribution in [0.15, 0.2) is 12.1 Å². The monoisotopic (exact) mass is 419 g/mol. The fraction of sp³-hybridized carbons (Fsp3) is 0.526. The number of halogens is 2. The van der Waals surface area contributed by atoms with Crippen molar-refractivity contribution in [1.29, 1.82) is 0 Å². The van der Waals surface area contributed by atoms with Crippen molar-refractivity contribution in [3.8, 4) is 18.6 Å². The summed E-state index contributed by atoms with van der Waals surface area (Å²) in [6, 6.07) is 2.10. The minimum absolute atomic E-state index is 0.0126. The molecule has 0 atom stereocenters. The van der Waals surface area contributed by atoms with Crippen LogP contribution in [0.4, 0.5) is 4.39 Å². The van der Waals surface area contributed by atoms with Crippen LogP contribution in [0.5, 0.6) is 5.75 Å². The average molecular weight is 420 g/mol. The van der Waals surface area contributed by atoms with Crippen LogP contribution in [0.3, 0.4) is 0 Å². The van der Waals surface area contributed by atoms with Crippen LogP contribution in [-0.4, -0.2) is 26.7 Å². The highest BCUT2D eigenvalue weighted by Gasteiger charge is 2.21. The summed E-state index contributed by atoms with van der Waals surface area (Å²) in [5.74, 6) is -1.77. The van der Waals surface area contributed by atoms with Gasteiger partial charge in [0, 0.05) is 6.07 Å². The zero-order chi connectivity index (χ0) is 21.0. The summed E-state index contributed by atoms with van der Waals surface area (Å²) < 4.78 is 43.5. The van der Waals surface area contributed by atoms with E-state index in [1.165, 1.54) is 6.42 Å². The molecule has 0 aromatic heterocycles. The van der Waals surface area contributed by atoms with E-state index >= 15 is 0 Å². The van der Waals surface area contributed by atoms with Crippen molar-refractivity contribution < 1.29 is 22.3 Å². The lowest BCUT2D eigenvalue weighted by Gasteiger charge is -2.23. The Bertz CT molecular complexity index is 729. The van der Waals surface area contributed by atoms with Crippen molar-refractivity contribution in [2.45, 2.75) is 58.5 Å². The van der Waals surface area contributed by atoms with Gasteiger partial charge in [-0.3, -0.25) is 4.79 Å². The second-order valence-electron chi connectivity index (χ2n) is 6.05. The first-order chi connectivity index (χ1) is 12.7. The van der Waals surface area contributed by atoms with Crippen molar-refractivity contribution in [2.24, 2.45) is 0 Å². The van der Waals surface area contributed by atoms with Gasteiger partial charge in [0.2, 0.25) is 10.0 Å². The summed E-state index contributed by atoms with van der Waals surface area (Å²) >= 11 is 6.01. The van der Waals surface area contributed by atoms with E-state index in [1.807, 2.05) is 0 Å². The van der Waals surface area contributed by atoms with Crippen LogP contribution in [0, 0.1) is 18.7 Å². The molecule has 5 nitrogen and oxygen atoms in total. The quantitative estimate of drug-likeness (QED) is 0.727. The number of sulfonamides is 1. The van der Waals surface area contributed by atoms with Gasteiger partial charge in [0.1, 0.15) is 11.6 Å². The minimum Gasteiger partial charge on any atom is -0.489 e. The molecule has 0 radical (unpaired) electrons. The molecular formula is C19H27ClFNO4S. The highest BCUT2D eigenvalue weighted by molar-refractivity contribution is 7.89. The van der Waals surface area contributed by atoms with Gasteiger partial charge in [-0.2, -0.15) is 0 Å². The number of hydrogen-bond acceptors (Lipinski definition) is 4. The Morgan fingerprint density at radius 3 is 2.26 bits per heavy atom. The Morgan fingerprint density at radius 2 is 1.78 bits per heavy atom. The van der Waals surface area contributed by atoms with Gasteiger partial charge in [0.15, 0.2) is 0 Å². The summed E-state index contributed by atoms with van der Waals surface area (Å²) in [6.45, 7) is 4.25. The van der Waals surface area contributed by atoms with Crippen molar-refractivity contribution in [2.75, 3.05) is 6.26 Å². The molecule has 8 heteroatoms. The number of nitrogens with one attached hydrogen (secondary N) is 1. The molecular weight excluding hydrogens is 393 g/mol. The lowest BCUT2D eigenvalue weighted by molar-refractivity contribution is 0.0977. The van der Waals surface area contributed by atoms with E-state index in [4.69, 9.17) is 16.3 Å². The van der Waals surface area contributed by atoms with Gasteiger partial charge in [-0.25, -0.2) is 17.5 Å². The van der Waals surface area contributed by atoms with Crippen LogP contribution in [-0.2, 0) is 10.0 Å². The molecule has 1 N–H and O–H groups in total. The van der Waals surface area contributed by atoms with E-state index in [1.54, 1.807) is 4.72 Å². The molecule has 1 aliphatic rings. The molecule has 27 heavy (non-hydrogen) atoms. The van der Waals surface area contributed by atoms with E-state index in [2.05, 4.69) is 26.7 Å². The Hall–Kier alpha value is -1.78. The molecule has 0 saturated heterocycles. The number of benzene rings is 1. The molecule has 0 unspecified atom stereocenters. The van der Waals surface area contributed by atoms with Crippen LogP contribution < -0.4 is 9.46 Å². The van der Waals surface area contributed by atoms with Crippen LogP contribution in [0.2, 0.25) is 5.02 Å². The van der Waals surface area contributed by atoms with Gasteiger partial charge < -0.3 is 4.74 Å². The number of carbonyl (C=O) groups excluding carboxylic acids is 1. The Balaban J connectivity index is 0.00000123. The summed E-state index contributed by atoms with van der Waals surface area (Å²) in [4.78, 5) is 11.7. The largest absolute Gasteiger partial charge is 0.489 e. The first kappa shape index (κ1) is 25.2.